The molecule has 0 bridgehead atoms. The molecule has 1 atom stereocenters. The van der Waals surface area contributed by atoms with Gasteiger partial charge in [-0.05, 0) is 23.6 Å². The zero-order chi connectivity index (χ0) is 17.1. The molecule has 1 fully saturated rings. The molecule has 24 heavy (non-hydrogen) atoms. The van der Waals surface area contributed by atoms with Gasteiger partial charge >= 0.3 is 0 Å². The number of hydrogen-bond donors (Lipinski definition) is 1. The van der Waals surface area contributed by atoms with Crippen molar-refractivity contribution in [1.29, 1.82) is 0 Å². The average molecular weight is 346 g/mol. The van der Waals surface area contributed by atoms with Gasteiger partial charge in [-0.2, -0.15) is 0 Å². The summed E-state index contributed by atoms with van der Waals surface area (Å²) in [5.41, 5.74) is 0.727. The van der Waals surface area contributed by atoms with Gasteiger partial charge in [-0.25, -0.2) is 0 Å². The monoisotopic (exact) mass is 346 g/mol. The zero-order valence-electron chi connectivity index (χ0n) is 13.4. The van der Waals surface area contributed by atoms with Gasteiger partial charge in [0.2, 0.25) is 5.91 Å². The van der Waals surface area contributed by atoms with Gasteiger partial charge in [-0.1, -0.05) is 6.07 Å². The molecule has 2 aromatic rings. The number of methoxy groups -OCH3 is 2. The van der Waals surface area contributed by atoms with Crippen LogP contribution in [0.3, 0.4) is 0 Å². The number of benzene rings is 1. The van der Waals surface area contributed by atoms with Gasteiger partial charge < -0.3 is 19.7 Å². The quantitative estimate of drug-likeness (QED) is 0.902. The number of rotatable bonds is 5. The summed E-state index contributed by atoms with van der Waals surface area (Å²) in [6.45, 7) is 0.436. The van der Waals surface area contributed by atoms with E-state index in [1.165, 1.54) is 11.3 Å². The normalized spacial score (nSPS) is 17.0. The smallest absolute Gasteiger partial charge is 0.261 e. The molecule has 1 aromatic carbocycles. The molecule has 1 N–H and O–H groups in total. The number of anilines is 1. The minimum atomic E-state index is -0.208. The number of thiophene rings is 1. The van der Waals surface area contributed by atoms with Gasteiger partial charge in [-0.3, -0.25) is 9.59 Å². The third-order valence-electron chi connectivity index (χ3n) is 3.88. The number of ether oxygens (including phenoxy) is 2. The maximum absolute atomic E-state index is 12.3. The molecule has 6 nitrogen and oxygen atoms in total. The molecular weight excluding hydrogens is 328 g/mol. The summed E-state index contributed by atoms with van der Waals surface area (Å²) in [6, 6.07) is 8.72. The Balaban J connectivity index is 1.72. The van der Waals surface area contributed by atoms with Gasteiger partial charge in [0.25, 0.3) is 5.91 Å². The lowest BCUT2D eigenvalue weighted by Crippen LogP contribution is -2.36. The van der Waals surface area contributed by atoms with Gasteiger partial charge in [0.05, 0.1) is 25.1 Å². The van der Waals surface area contributed by atoms with E-state index in [4.69, 9.17) is 9.47 Å². The Labute approximate surface area is 144 Å². The Morgan fingerprint density at radius 1 is 1.25 bits per heavy atom. The molecule has 7 heteroatoms. The first-order valence-corrected chi connectivity index (χ1v) is 8.37. The predicted octanol–water partition coefficient (Wildman–Crippen LogP) is 2.30. The van der Waals surface area contributed by atoms with E-state index in [-0.39, 0.29) is 24.3 Å². The highest BCUT2D eigenvalue weighted by molar-refractivity contribution is 7.12. The highest BCUT2D eigenvalue weighted by Gasteiger charge is 2.32. The van der Waals surface area contributed by atoms with Gasteiger partial charge in [0, 0.05) is 24.7 Å². The Morgan fingerprint density at radius 3 is 2.71 bits per heavy atom. The molecule has 0 radical (unpaired) electrons. The fraction of sp³-hybridized carbons (Fsp3) is 0.294. The summed E-state index contributed by atoms with van der Waals surface area (Å²) in [5, 5.41) is 4.77. The fourth-order valence-corrected chi connectivity index (χ4v) is 3.34. The second kappa shape index (κ2) is 6.92. The minimum Gasteiger partial charge on any atom is -0.493 e. The average Bonchev–Trinajstić information content (AvgIpc) is 3.24. The molecule has 1 aliphatic heterocycles. The summed E-state index contributed by atoms with van der Waals surface area (Å²) in [6.07, 6.45) is 0.283. The van der Waals surface area contributed by atoms with Crippen molar-refractivity contribution in [3.63, 3.8) is 0 Å². The number of carbonyl (C=O) groups is 2. The maximum Gasteiger partial charge on any atom is 0.261 e. The van der Waals surface area contributed by atoms with Crippen molar-refractivity contribution in [3.8, 4) is 11.5 Å². The van der Waals surface area contributed by atoms with E-state index in [1.807, 2.05) is 17.5 Å². The summed E-state index contributed by atoms with van der Waals surface area (Å²) in [5.74, 6) is 1.000. The first-order valence-electron chi connectivity index (χ1n) is 7.49. The minimum absolute atomic E-state index is 0.0290. The van der Waals surface area contributed by atoms with E-state index in [1.54, 1.807) is 37.3 Å². The summed E-state index contributed by atoms with van der Waals surface area (Å²) in [4.78, 5) is 26.7. The Kier molecular flexibility index (Phi) is 4.71. The van der Waals surface area contributed by atoms with Crippen molar-refractivity contribution in [2.24, 2.45) is 0 Å². The van der Waals surface area contributed by atoms with Crippen LogP contribution in [0.25, 0.3) is 0 Å². The topological polar surface area (TPSA) is 67.9 Å². The second-order valence-electron chi connectivity index (χ2n) is 5.40. The van der Waals surface area contributed by atoms with Crippen molar-refractivity contribution in [3.05, 3.63) is 40.6 Å². The number of nitrogens with zero attached hydrogens (tertiary/aromatic N) is 1. The molecule has 0 saturated carbocycles. The van der Waals surface area contributed by atoms with E-state index in [0.717, 1.165) is 5.69 Å². The van der Waals surface area contributed by atoms with E-state index >= 15 is 0 Å². The van der Waals surface area contributed by atoms with Crippen molar-refractivity contribution in [1.82, 2.24) is 5.32 Å². The molecule has 1 aromatic heterocycles. The SMILES string of the molecule is COc1ccc(N2C[C@H](NC(=O)c3cccs3)CC2=O)cc1OC. The molecule has 0 unspecified atom stereocenters. The fourth-order valence-electron chi connectivity index (χ4n) is 2.71. The molecule has 126 valence electrons. The van der Waals surface area contributed by atoms with Crippen LogP contribution in [0.2, 0.25) is 0 Å². The molecule has 1 saturated heterocycles. The van der Waals surface area contributed by atoms with E-state index in [0.29, 0.717) is 22.9 Å². The van der Waals surface area contributed by atoms with Crippen LogP contribution >= 0.6 is 11.3 Å². The Bertz CT molecular complexity index is 745. The third-order valence-corrected chi connectivity index (χ3v) is 4.75. The van der Waals surface area contributed by atoms with Gasteiger partial charge in [0.15, 0.2) is 11.5 Å². The van der Waals surface area contributed by atoms with E-state index in [9.17, 15) is 9.59 Å². The lowest BCUT2D eigenvalue weighted by Gasteiger charge is -2.19. The van der Waals surface area contributed by atoms with E-state index in [2.05, 4.69) is 5.32 Å². The van der Waals surface area contributed by atoms with Crippen LogP contribution in [0.1, 0.15) is 16.1 Å². The van der Waals surface area contributed by atoms with Crippen LogP contribution in [0, 0.1) is 0 Å². The summed E-state index contributed by atoms with van der Waals surface area (Å²) in [7, 11) is 3.12. The largest absolute Gasteiger partial charge is 0.493 e. The molecule has 3 rings (SSSR count). The van der Waals surface area contributed by atoms with Crippen LogP contribution in [0.4, 0.5) is 5.69 Å². The number of nitrogens with one attached hydrogen (secondary N) is 1. The molecule has 0 aliphatic carbocycles. The first-order chi connectivity index (χ1) is 11.6. The number of carbonyl (C=O) groups excluding carboxylic acids is 2. The summed E-state index contributed by atoms with van der Waals surface area (Å²) >= 11 is 1.38. The molecular formula is C17H18N2O4S. The summed E-state index contributed by atoms with van der Waals surface area (Å²) < 4.78 is 10.5. The lowest BCUT2D eigenvalue weighted by atomic mass is 10.2. The zero-order valence-corrected chi connectivity index (χ0v) is 14.3. The highest BCUT2D eigenvalue weighted by Crippen LogP contribution is 2.33. The molecule has 1 aliphatic rings. The standard InChI is InChI=1S/C17H18N2O4S/c1-22-13-6-5-12(9-14(13)23-2)19-10-11(8-16(19)20)18-17(21)15-4-3-7-24-15/h3-7,9,11H,8,10H2,1-2H3,(H,18,21)/t11-/m1/s1. The van der Waals surface area contributed by atoms with Gasteiger partial charge in [0.1, 0.15) is 0 Å². The van der Waals surface area contributed by atoms with Crippen molar-refractivity contribution >= 4 is 28.8 Å². The highest BCUT2D eigenvalue weighted by atomic mass is 32.1. The van der Waals surface area contributed by atoms with Crippen LogP contribution in [-0.4, -0.2) is 38.6 Å². The predicted molar refractivity (Wildman–Crippen MR) is 92.1 cm³/mol. The van der Waals surface area contributed by atoms with E-state index < -0.39 is 0 Å². The molecule has 2 amide bonds. The number of amides is 2. The van der Waals surface area contributed by atoms with Crippen LogP contribution in [-0.2, 0) is 4.79 Å². The Morgan fingerprint density at radius 2 is 2.04 bits per heavy atom. The van der Waals surface area contributed by atoms with Crippen LogP contribution in [0.15, 0.2) is 35.7 Å². The first kappa shape index (κ1) is 16.3. The maximum atomic E-state index is 12.3. The Hall–Kier alpha value is -2.54. The third kappa shape index (κ3) is 3.21. The molecule has 2 heterocycles. The lowest BCUT2D eigenvalue weighted by molar-refractivity contribution is -0.117. The molecule has 0 spiro atoms. The van der Waals surface area contributed by atoms with Crippen molar-refractivity contribution in [2.45, 2.75) is 12.5 Å². The van der Waals surface area contributed by atoms with Crippen LogP contribution in [0.5, 0.6) is 11.5 Å². The van der Waals surface area contributed by atoms with Gasteiger partial charge in [-0.15, -0.1) is 11.3 Å². The number of hydrogen-bond acceptors (Lipinski definition) is 5. The second-order valence-corrected chi connectivity index (χ2v) is 6.34. The van der Waals surface area contributed by atoms with Crippen molar-refractivity contribution < 1.29 is 19.1 Å². The van der Waals surface area contributed by atoms with Crippen molar-refractivity contribution in [2.75, 3.05) is 25.7 Å². The van der Waals surface area contributed by atoms with Crippen LogP contribution < -0.4 is 19.7 Å².